The lowest BCUT2D eigenvalue weighted by Crippen LogP contribution is -2.40. The molecule has 1 aliphatic carbocycles. The van der Waals surface area contributed by atoms with Crippen molar-refractivity contribution in [3.63, 3.8) is 0 Å². The fraction of sp³-hybridized carbons (Fsp3) is 0.647. The van der Waals surface area contributed by atoms with Gasteiger partial charge in [0, 0.05) is 23.1 Å². The topological polar surface area (TPSA) is 15.3 Å². The van der Waals surface area contributed by atoms with Crippen LogP contribution in [0.25, 0.3) is 0 Å². The Labute approximate surface area is 132 Å². The second-order valence-corrected chi connectivity index (χ2v) is 7.61. The van der Waals surface area contributed by atoms with E-state index in [-0.39, 0.29) is 0 Å². The van der Waals surface area contributed by atoms with E-state index in [1.54, 1.807) is 0 Å². The van der Waals surface area contributed by atoms with Crippen molar-refractivity contribution in [3.05, 3.63) is 33.8 Å². The van der Waals surface area contributed by atoms with E-state index < -0.39 is 0 Å². The van der Waals surface area contributed by atoms with Crippen LogP contribution in [0, 0.1) is 5.92 Å². The molecule has 1 aromatic carbocycles. The third-order valence-corrected chi connectivity index (χ3v) is 4.45. The highest BCUT2D eigenvalue weighted by Crippen LogP contribution is 2.33. The number of halogens is 1. The van der Waals surface area contributed by atoms with Gasteiger partial charge in [0.05, 0.1) is 0 Å². The fourth-order valence-corrected chi connectivity index (χ4v) is 3.66. The third kappa shape index (κ3) is 4.31. The number of aryl methyl sites for hydroxylation is 1. The molecule has 0 saturated carbocycles. The minimum absolute atomic E-state index is 0.529. The van der Waals surface area contributed by atoms with Crippen molar-refractivity contribution in [2.45, 2.75) is 45.2 Å². The smallest absolute Gasteiger partial charge is 0.0329 e. The monoisotopic (exact) mass is 338 g/mol. The van der Waals surface area contributed by atoms with Gasteiger partial charge >= 0.3 is 0 Å². The maximum Gasteiger partial charge on any atom is 0.0329 e. The summed E-state index contributed by atoms with van der Waals surface area (Å²) in [4.78, 5) is 2.29. The van der Waals surface area contributed by atoms with E-state index in [1.807, 2.05) is 0 Å². The molecule has 0 spiro atoms. The quantitative estimate of drug-likeness (QED) is 0.843. The third-order valence-electron chi connectivity index (χ3n) is 3.96. The van der Waals surface area contributed by atoms with Crippen molar-refractivity contribution < 1.29 is 0 Å². The summed E-state index contributed by atoms with van der Waals surface area (Å²) in [5, 5.41) is 3.90. The molecule has 2 atom stereocenters. The van der Waals surface area contributed by atoms with Crippen molar-refractivity contribution in [1.82, 2.24) is 10.2 Å². The van der Waals surface area contributed by atoms with Gasteiger partial charge in [-0.05, 0) is 62.5 Å². The van der Waals surface area contributed by atoms with Gasteiger partial charge in [0.25, 0.3) is 0 Å². The maximum absolute atomic E-state index is 3.90. The van der Waals surface area contributed by atoms with Gasteiger partial charge in [-0.2, -0.15) is 0 Å². The van der Waals surface area contributed by atoms with Crippen LogP contribution >= 0.6 is 15.9 Å². The molecule has 1 aliphatic rings. The Balaban J connectivity index is 2.05. The normalized spacial score (nSPS) is 19.6. The van der Waals surface area contributed by atoms with Gasteiger partial charge in [-0.15, -0.1) is 0 Å². The van der Waals surface area contributed by atoms with E-state index in [0.717, 1.165) is 12.5 Å². The Morgan fingerprint density at radius 1 is 1.35 bits per heavy atom. The van der Waals surface area contributed by atoms with Crippen LogP contribution in [-0.4, -0.2) is 31.6 Å². The highest BCUT2D eigenvalue weighted by Gasteiger charge is 2.25. The Kier molecular flexibility index (Phi) is 5.65. The SMILES string of the molecule is CC(C)CC(CN(C)C)NC1CCc2cc(Br)ccc21. The molecule has 0 saturated heterocycles. The zero-order valence-electron chi connectivity index (χ0n) is 13.1. The van der Waals surface area contributed by atoms with Gasteiger partial charge in [-0.25, -0.2) is 0 Å². The Morgan fingerprint density at radius 2 is 2.10 bits per heavy atom. The number of rotatable bonds is 6. The highest BCUT2D eigenvalue weighted by molar-refractivity contribution is 9.10. The molecule has 0 fully saturated rings. The molecule has 1 aromatic rings. The minimum atomic E-state index is 0.529. The molecule has 0 aromatic heterocycles. The molecule has 1 N–H and O–H groups in total. The van der Waals surface area contributed by atoms with Crippen molar-refractivity contribution in [1.29, 1.82) is 0 Å². The van der Waals surface area contributed by atoms with Crippen molar-refractivity contribution in [2.24, 2.45) is 5.92 Å². The van der Waals surface area contributed by atoms with Gasteiger partial charge in [-0.1, -0.05) is 35.8 Å². The predicted octanol–water partition coefficient (Wildman–Crippen LogP) is 4.00. The number of nitrogens with one attached hydrogen (secondary N) is 1. The largest absolute Gasteiger partial charge is 0.308 e. The first-order chi connectivity index (χ1) is 9.45. The molecule has 2 unspecified atom stereocenters. The van der Waals surface area contributed by atoms with E-state index in [4.69, 9.17) is 0 Å². The molecular formula is C17H27BrN2. The Bertz CT molecular complexity index is 433. The summed E-state index contributed by atoms with van der Waals surface area (Å²) in [6.07, 6.45) is 3.66. The second kappa shape index (κ2) is 7.06. The molecule has 20 heavy (non-hydrogen) atoms. The average molecular weight is 339 g/mol. The number of benzene rings is 1. The molecule has 2 rings (SSSR count). The summed E-state index contributed by atoms with van der Waals surface area (Å²) in [6, 6.07) is 7.83. The minimum Gasteiger partial charge on any atom is -0.308 e. The molecule has 0 bridgehead atoms. The maximum atomic E-state index is 3.90. The fourth-order valence-electron chi connectivity index (χ4n) is 3.25. The van der Waals surface area contributed by atoms with Crippen LogP contribution in [0.1, 0.15) is 43.9 Å². The summed E-state index contributed by atoms with van der Waals surface area (Å²) in [5.41, 5.74) is 3.01. The molecule has 0 amide bonds. The van der Waals surface area contributed by atoms with E-state index in [2.05, 4.69) is 72.3 Å². The number of nitrogens with zero attached hydrogens (tertiary/aromatic N) is 1. The van der Waals surface area contributed by atoms with E-state index in [9.17, 15) is 0 Å². The van der Waals surface area contributed by atoms with E-state index in [0.29, 0.717) is 12.1 Å². The van der Waals surface area contributed by atoms with Crippen molar-refractivity contribution >= 4 is 15.9 Å². The van der Waals surface area contributed by atoms with Crippen molar-refractivity contribution in [3.8, 4) is 0 Å². The Hall–Kier alpha value is -0.380. The van der Waals surface area contributed by atoms with Gasteiger partial charge in [0.1, 0.15) is 0 Å². The van der Waals surface area contributed by atoms with Gasteiger partial charge < -0.3 is 10.2 Å². The van der Waals surface area contributed by atoms with E-state index >= 15 is 0 Å². The number of likely N-dealkylation sites (N-methyl/N-ethyl adjacent to an activating group) is 1. The predicted molar refractivity (Wildman–Crippen MR) is 90.1 cm³/mol. The number of fused-ring (bicyclic) bond motifs is 1. The van der Waals surface area contributed by atoms with Crippen LogP contribution in [0.5, 0.6) is 0 Å². The zero-order valence-corrected chi connectivity index (χ0v) is 14.7. The molecule has 0 aliphatic heterocycles. The van der Waals surface area contributed by atoms with Crippen LogP contribution in [0.3, 0.4) is 0 Å². The first-order valence-corrected chi connectivity index (χ1v) is 8.44. The number of hydrogen-bond donors (Lipinski definition) is 1. The summed E-state index contributed by atoms with van der Waals surface area (Å²) < 4.78 is 1.20. The lowest BCUT2D eigenvalue weighted by Gasteiger charge is -2.27. The number of hydrogen-bond acceptors (Lipinski definition) is 2. The second-order valence-electron chi connectivity index (χ2n) is 6.69. The molecule has 3 heteroatoms. The lowest BCUT2D eigenvalue weighted by molar-refractivity contribution is 0.286. The first kappa shape index (κ1) is 16.0. The Morgan fingerprint density at radius 3 is 2.75 bits per heavy atom. The van der Waals surface area contributed by atoms with Gasteiger partial charge in [0.15, 0.2) is 0 Å². The van der Waals surface area contributed by atoms with Crippen LogP contribution in [0.15, 0.2) is 22.7 Å². The van der Waals surface area contributed by atoms with Crippen LogP contribution in [-0.2, 0) is 6.42 Å². The van der Waals surface area contributed by atoms with Crippen molar-refractivity contribution in [2.75, 3.05) is 20.6 Å². The summed E-state index contributed by atoms with van der Waals surface area (Å²) in [5.74, 6) is 0.734. The van der Waals surface area contributed by atoms with Crippen LogP contribution in [0.2, 0.25) is 0 Å². The van der Waals surface area contributed by atoms with Crippen LogP contribution < -0.4 is 5.32 Å². The lowest BCUT2D eigenvalue weighted by atomic mass is 10.0. The standard InChI is InChI=1S/C17H27BrN2/c1-12(2)9-15(11-20(3)4)19-17-8-5-13-10-14(18)6-7-16(13)17/h6-7,10,12,15,17,19H,5,8-9,11H2,1-4H3. The van der Waals surface area contributed by atoms with Gasteiger partial charge in [0.2, 0.25) is 0 Å². The summed E-state index contributed by atoms with van der Waals surface area (Å²) in [7, 11) is 4.32. The summed E-state index contributed by atoms with van der Waals surface area (Å²) >= 11 is 3.57. The average Bonchev–Trinajstić information content (AvgIpc) is 2.69. The van der Waals surface area contributed by atoms with E-state index in [1.165, 1.54) is 34.9 Å². The highest BCUT2D eigenvalue weighted by atomic mass is 79.9. The van der Waals surface area contributed by atoms with Gasteiger partial charge in [-0.3, -0.25) is 0 Å². The van der Waals surface area contributed by atoms with Crippen LogP contribution in [0.4, 0.5) is 0 Å². The molecule has 2 nitrogen and oxygen atoms in total. The molecule has 0 radical (unpaired) electrons. The molecule has 112 valence electrons. The molecular weight excluding hydrogens is 312 g/mol. The summed E-state index contributed by atoms with van der Waals surface area (Å²) in [6.45, 7) is 5.73. The first-order valence-electron chi connectivity index (χ1n) is 7.64. The molecule has 0 heterocycles. The zero-order chi connectivity index (χ0) is 14.7.